The Morgan fingerprint density at radius 1 is 1.14 bits per heavy atom. The van der Waals surface area contributed by atoms with Crippen molar-refractivity contribution < 1.29 is 9.53 Å². The molecule has 28 heavy (non-hydrogen) atoms. The highest BCUT2D eigenvalue weighted by atomic mass is 16.5. The lowest BCUT2D eigenvalue weighted by atomic mass is 9.82. The zero-order chi connectivity index (χ0) is 19.1. The lowest BCUT2D eigenvalue weighted by Gasteiger charge is -2.27. The van der Waals surface area contributed by atoms with Gasteiger partial charge in [-0.1, -0.05) is 12.1 Å². The molecular formula is C22H30N4O2. The average Bonchev–Trinajstić information content (AvgIpc) is 3.43. The molecule has 0 aromatic heterocycles. The number of aliphatic imine (C=N–C) groups is 1. The van der Waals surface area contributed by atoms with Gasteiger partial charge < -0.3 is 19.9 Å². The Morgan fingerprint density at radius 2 is 1.86 bits per heavy atom. The molecule has 4 heterocycles. The number of ether oxygens (including phenoxy) is 1. The van der Waals surface area contributed by atoms with E-state index in [1.807, 2.05) is 11.9 Å². The fraction of sp³-hybridized carbons (Fsp3) is 0.636. The summed E-state index contributed by atoms with van der Waals surface area (Å²) in [7, 11) is 1.87. The SMILES string of the molecule is CN=C(NCc1ccc(N2CCCCC2=O)cc1)N1CC2C3CCC(O3)C2C1. The number of carbonyl (C=O) groups excluding carboxylic acids is 1. The van der Waals surface area contributed by atoms with Gasteiger partial charge in [0.05, 0.1) is 12.2 Å². The first kappa shape index (κ1) is 18.0. The summed E-state index contributed by atoms with van der Waals surface area (Å²) in [5.74, 6) is 2.59. The van der Waals surface area contributed by atoms with Crippen LogP contribution in [0, 0.1) is 11.8 Å². The number of guanidine groups is 1. The predicted octanol–water partition coefficient (Wildman–Crippen LogP) is 2.39. The summed E-state index contributed by atoms with van der Waals surface area (Å²) in [5, 5.41) is 3.53. The standard InChI is InChI=1S/C22H30N4O2/c1-23-22(25-13-17-18(14-25)20-10-9-19(17)28-20)24-12-15-5-7-16(8-6-15)26-11-3-2-4-21(26)27/h5-8,17-20H,2-4,9-14H2,1H3,(H,23,24). The molecule has 4 atom stereocenters. The van der Waals surface area contributed by atoms with E-state index < -0.39 is 0 Å². The highest BCUT2D eigenvalue weighted by Gasteiger charge is 2.53. The number of piperidine rings is 1. The van der Waals surface area contributed by atoms with Crippen molar-refractivity contribution in [3.8, 4) is 0 Å². The van der Waals surface area contributed by atoms with Crippen LogP contribution in [0.2, 0.25) is 0 Å². The van der Waals surface area contributed by atoms with Gasteiger partial charge in [0, 0.05) is 57.2 Å². The fourth-order valence-electron chi connectivity index (χ4n) is 5.52. The lowest BCUT2D eigenvalue weighted by molar-refractivity contribution is -0.119. The van der Waals surface area contributed by atoms with Gasteiger partial charge in [-0.15, -0.1) is 0 Å². The van der Waals surface area contributed by atoms with Gasteiger partial charge in [0.1, 0.15) is 0 Å². The zero-order valence-corrected chi connectivity index (χ0v) is 16.6. The Kier molecular flexibility index (Phi) is 4.75. The van der Waals surface area contributed by atoms with Gasteiger partial charge in [0.25, 0.3) is 0 Å². The van der Waals surface area contributed by atoms with Crippen LogP contribution in [0.1, 0.15) is 37.7 Å². The van der Waals surface area contributed by atoms with E-state index in [2.05, 4.69) is 39.5 Å². The van der Waals surface area contributed by atoms with Gasteiger partial charge in [0.2, 0.25) is 5.91 Å². The maximum absolute atomic E-state index is 12.1. The van der Waals surface area contributed by atoms with E-state index >= 15 is 0 Å². The Morgan fingerprint density at radius 3 is 2.50 bits per heavy atom. The van der Waals surface area contributed by atoms with E-state index in [-0.39, 0.29) is 5.91 Å². The number of nitrogens with one attached hydrogen (secondary N) is 1. The molecule has 1 amide bonds. The predicted molar refractivity (Wildman–Crippen MR) is 109 cm³/mol. The second kappa shape index (κ2) is 7.39. The molecule has 5 rings (SSSR count). The van der Waals surface area contributed by atoms with Crippen molar-refractivity contribution in [2.24, 2.45) is 16.8 Å². The monoisotopic (exact) mass is 382 g/mol. The maximum atomic E-state index is 12.1. The Hall–Kier alpha value is -2.08. The number of amides is 1. The summed E-state index contributed by atoms with van der Waals surface area (Å²) in [6.07, 6.45) is 6.20. The molecular weight excluding hydrogens is 352 g/mol. The molecule has 4 unspecified atom stereocenters. The molecule has 0 aliphatic carbocycles. The van der Waals surface area contributed by atoms with Gasteiger partial charge >= 0.3 is 0 Å². The third kappa shape index (κ3) is 3.17. The number of benzene rings is 1. The third-order valence-corrected chi connectivity index (χ3v) is 6.99. The number of carbonyl (C=O) groups is 1. The van der Waals surface area contributed by atoms with Crippen molar-refractivity contribution >= 4 is 17.6 Å². The van der Waals surface area contributed by atoms with E-state index in [0.29, 0.717) is 30.5 Å². The first-order chi connectivity index (χ1) is 13.7. The van der Waals surface area contributed by atoms with Gasteiger partial charge in [-0.25, -0.2) is 0 Å². The summed E-state index contributed by atoms with van der Waals surface area (Å²) in [6.45, 7) is 3.70. The number of likely N-dealkylation sites (tertiary alicyclic amines) is 1. The van der Waals surface area contributed by atoms with E-state index in [1.165, 1.54) is 18.4 Å². The second-order valence-electron chi connectivity index (χ2n) is 8.59. The maximum Gasteiger partial charge on any atom is 0.226 e. The van der Waals surface area contributed by atoms with Gasteiger partial charge in [-0.2, -0.15) is 0 Å². The molecule has 1 aromatic carbocycles. The molecule has 2 bridgehead atoms. The highest BCUT2D eigenvalue weighted by molar-refractivity contribution is 5.93. The normalized spacial score (nSPS) is 32.2. The number of hydrogen-bond acceptors (Lipinski definition) is 3. The van der Waals surface area contributed by atoms with E-state index in [4.69, 9.17) is 4.74 Å². The quantitative estimate of drug-likeness (QED) is 0.644. The van der Waals surface area contributed by atoms with Gasteiger partial charge in [0.15, 0.2) is 5.96 Å². The summed E-state index contributed by atoms with van der Waals surface area (Å²) in [5.41, 5.74) is 2.22. The highest BCUT2D eigenvalue weighted by Crippen LogP contribution is 2.47. The fourth-order valence-corrected chi connectivity index (χ4v) is 5.52. The van der Waals surface area contributed by atoms with Crippen molar-refractivity contribution in [3.05, 3.63) is 29.8 Å². The van der Waals surface area contributed by atoms with Crippen LogP contribution in [0.15, 0.2) is 29.3 Å². The minimum absolute atomic E-state index is 0.245. The molecule has 0 radical (unpaired) electrons. The number of hydrogen-bond donors (Lipinski definition) is 1. The molecule has 6 nitrogen and oxygen atoms in total. The third-order valence-electron chi connectivity index (χ3n) is 6.99. The van der Waals surface area contributed by atoms with Crippen LogP contribution in [0.4, 0.5) is 5.69 Å². The molecule has 1 N–H and O–H groups in total. The minimum atomic E-state index is 0.245. The molecule has 4 fully saturated rings. The van der Waals surface area contributed by atoms with Crippen molar-refractivity contribution in [1.82, 2.24) is 10.2 Å². The van der Waals surface area contributed by atoms with E-state index in [9.17, 15) is 4.79 Å². The van der Waals surface area contributed by atoms with Crippen LogP contribution in [0.25, 0.3) is 0 Å². The Labute approximate surface area is 166 Å². The van der Waals surface area contributed by atoms with Crippen molar-refractivity contribution in [2.45, 2.75) is 50.9 Å². The van der Waals surface area contributed by atoms with Crippen LogP contribution in [0.5, 0.6) is 0 Å². The Balaban J connectivity index is 1.18. The van der Waals surface area contributed by atoms with Gasteiger partial charge in [-0.3, -0.25) is 9.79 Å². The molecule has 4 aliphatic rings. The minimum Gasteiger partial charge on any atom is -0.374 e. The van der Waals surface area contributed by atoms with Crippen molar-refractivity contribution in [2.75, 3.05) is 31.6 Å². The Bertz CT molecular complexity index is 744. The van der Waals surface area contributed by atoms with Crippen LogP contribution < -0.4 is 10.2 Å². The molecule has 150 valence electrons. The van der Waals surface area contributed by atoms with Crippen LogP contribution in [-0.4, -0.2) is 55.7 Å². The topological polar surface area (TPSA) is 57.2 Å². The number of rotatable bonds is 3. The van der Waals surface area contributed by atoms with Crippen LogP contribution >= 0.6 is 0 Å². The number of fused-ring (bicyclic) bond motifs is 5. The summed E-state index contributed by atoms with van der Waals surface area (Å²) in [6, 6.07) is 8.37. The van der Waals surface area contributed by atoms with Gasteiger partial charge in [-0.05, 0) is 43.4 Å². The number of anilines is 1. The molecule has 0 spiro atoms. The molecule has 4 saturated heterocycles. The zero-order valence-electron chi connectivity index (χ0n) is 16.6. The first-order valence-corrected chi connectivity index (χ1v) is 10.7. The van der Waals surface area contributed by atoms with Crippen LogP contribution in [-0.2, 0) is 16.1 Å². The lowest BCUT2D eigenvalue weighted by Crippen LogP contribution is -2.41. The van der Waals surface area contributed by atoms with E-state index in [0.717, 1.165) is 50.7 Å². The average molecular weight is 383 g/mol. The van der Waals surface area contributed by atoms with Crippen molar-refractivity contribution in [3.63, 3.8) is 0 Å². The number of nitrogens with zero attached hydrogens (tertiary/aromatic N) is 3. The molecule has 6 heteroatoms. The summed E-state index contributed by atoms with van der Waals surface area (Å²) >= 11 is 0. The van der Waals surface area contributed by atoms with Crippen LogP contribution in [0.3, 0.4) is 0 Å². The largest absolute Gasteiger partial charge is 0.374 e. The molecule has 4 aliphatic heterocycles. The summed E-state index contributed by atoms with van der Waals surface area (Å²) < 4.78 is 6.08. The van der Waals surface area contributed by atoms with Crippen molar-refractivity contribution in [1.29, 1.82) is 0 Å². The second-order valence-corrected chi connectivity index (χ2v) is 8.59. The smallest absolute Gasteiger partial charge is 0.226 e. The first-order valence-electron chi connectivity index (χ1n) is 10.7. The summed E-state index contributed by atoms with van der Waals surface area (Å²) in [4.78, 5) is 20.9. The van der Waals surface area contributed by atoms with E-state index in [1.54, 1.807) is 0 Å². The molecule has 1 aromatic rings. The molecule has 0 saturated carbocycles.